The highest BCUT2D eigenvalue weighted by atomic mass is 16.5. The smallest absolute Gasteiger partial charge is 0.0462 e. The monoisotopic (exact) mass is 172 g/mol. The first-order chi connectivity index (χ1) is 5.45. The fourth-order valence-corrected chi connectivity index (χ4v) is 1.72. The van der Waals surface area contributed by atoms with Crippen LogP contribution in [0, 0.1) is 11.3 Å². The van der Waals surface area contributed by atoms with Gasteiger partial charge in [-0.15, -0.1) is 0 Å². The van der Waals surface area contributed by atoms with E-state index in [0.29, 0.717) is 5.41 Å². The van der Waals surface area contributed by atoms with Crippen LogP contribution < -0.4 is 0 Å². The third-order valence-corrected chi connectivity index (χ3v) is 2.01. The Bertz CT molecular complexity index is 102. The van der Waals surface area contributed by atoms with Crippen LogP contribution in [0.5, 0.6) is 0 Å². The minimum atomic E-state index is 0.479. The van der Waals surface area contributed by atoms with Gasteiger partial charge < -0.3 is 4.74 Å². The van der Waals surface area contributed by atoms with E-state index >= 15 is 0 Å². The molecule has 0 radical (unpaired) electrons. The lowest BCUT2D eigenvalue weighted by Crippen LogP contribution is -2.11. The Balaban J connectivity index is 3.40. The molecule has 0 aromatic heterocycles. The van der Waals surface area contributed by atoms with Gasteiger partial charge in [-0.2, -0.15) is 0 Å². The number of hydrogen-bond donors (Lipinski definition) is 0. The van der Waals surface area contributed by atoms with Gasteiger partial charge in [0.15, 0.2) is 0 Å². The van der Waals surface area contributed by atoms with Gasteiger partial charge in [-0.1, -0.05) is 27.7 Å². The molecule has 1 nitrogen and oxygen atoms in total. The van der Waals surface area contributed by atoms with Crippen LogP contribution in [0.25, 0.3) is 0 Å². The Morgan fingerprint density at radius 2 is 1.83 bits per heavy atom. The summed E-state index contributed by atoms with van der Waals surface area (Å²) in [5.41, 5.74) is 0.479. The highest BCUT2D eigenvalue weighted by molar-refractivity contribution is 4.66. The zero-order valence-corrected chi connectivity index (χ0v) is 9.31. The first-order valence-corrected chi connectivity index (χ1v) is 4.94. The van der Waals surface area contributed by atoms with E-state index < -0.39 is 0 Å². The highest BCUT2D eigenvalue weighted by Crippen LogP contribution is 2.26. The zero-order chi connectivity index (χ0) is 9.61. The predicted molar refractivity (Wildman–Crippen MR) is 54.3 cm³/mol. The van der Waals surface area contributed by atoms with Crippen molar-refractivity contribution in [3.63, 3.8) is 0 Å². The second kappa shape index (κ2) is 5.58. The molecular formula is C11H24O. The number of methoxy groups -OCH3 is 1. The van der Waals surface area contributed by atoms with Crippen molar-refractivity contribution in [2.24, 2.45) is 11.3 Å². The lowest BCUT2D eigenvalue weighted by atomic mass is 9.84. The van der Waals surface area contributed by atoms with Crippen LogP contribution in [-0.2, 0) is 4.74 Å². The molecule has 74 valence electrons. The molecule has 0 saturated carbocycles. The number of rotatable bonds is 5. The molecular weight excluding hydrogens is 148 g/mol. The maximum absolute atomic E-state index is 5.02. The Hall–Kier alpha value is -0.0400. The van der Waals surface area contributed by atoms with Crippen molar-refractivity contribution in [3.05, 3.63) is 0 Å². The fraction of sp³-hybridized carbons (Fsp3) is 1.00. The summed E-state index contributed by atoms with van der Waals surface area (Å²) >= 11 is 0. The molecule has 0 saturated heterocycles. The van der Waals surface area contributed by atoms with E-state index in [1.54, 1.807) is 7.11 Å². The Morgan fingerprint density at radius 1 is 1.25 bits per heavy atom. The van der Waals surface area contributed by atoms with Crippen molar-refractivity contribution < 1.29 is 4.74 Å². The number of ether oxygens (including phenoxy) is 1. The van der Waals surface area contributed by atoms with Gasteiger partial charge in [0.1, 0.15) is 0 Å². The van der Waals surface area contributed by atoms with Gasteiger partial charge in [-0.25, -0.2) is 0 Å². The molecule has 0 aromatic rings. The summed E-state index contributed by atoms with van der Waals surface area (Å²) in [6, 6.07) is 0. The Kier molecular flexibility index (Phi) is 5.56. The molecule has 0 amide bonds. The van der Waals surface area contributed by atoms with Crippen LogP contribution in [0.2, 0.25) is 0 Å². The van der Waals surface area contributed by atoms with Gasteiger partial charge in [-0.05, 0) is 30.6 Å². The Morgan fingerprint density at radius 3 is 2.25 bits per heavy atom. The quantitative estimate of drug-likeness (QED) is 0.577. The molecule has 1 atom stereocenters. The third-order valence-electron chi connectivity index (χ3n) is 2.01. The second-order valence-electron chi connectivity index (χ2n) is 5.00. The summed E-state index contributed by atoms with van der Waals surface area (Å²) in [7, 11) is 1.77. The molecule has 1 heteroatoms. The molecule has 0 aliphatic heterocycles. The molecule has 0 N–H and O–H groups in total. The van der Waals surface area contributed by atoms with Crippen molar-refractivity contribution in [3.8, 4) is 0 Å². The van der Waals surface area contributed by atoms with Crippen LogP contribution >= 0.6 is 0 Å². The lowest BCUT2D eigenvalue weighted by molar-refractivity contribution is 0.182. The molecule has 0 spiro atoms. The fourth-order valence-electron chi connectivity index (χ4n) is 1.72. The molecule has 1 unspecified atom stereocenters. The van der Waals surface area contributed by atoms with Crippen LogP contribution in [0.15, 0.2) is 0 Å². The first kappa shape index (κ1) is 12.0. The molecule has 0 aliphatic rings. The van der Waals surface area contributed by atoms with Gasteiger partial charge in [0.05, 0.1) is 0 Å². The maximum Gasteiger partial charge on any atom is 0.0462 e. The van der Waals surface area contributed by atoms with Crippen molar-refractivity contribution in [1.29, 1.82) is 0 Å². The average molecular weight is 172 g/mol. The molecule has 0 rings (SSSR count). The van der Waals surface area contributed by atoms with Gasteiger partial charge in [-0.3, -0.25) is 0 Å². The lowest BCUT2D eigenvalue weighted by Gasteiger charge is -2.22. The predicted octanol–water partition coefficient (Wildman–Crippen LogP) is 3.49. The van der Waals surface area contributed by atoms with Gasteiger partial charge in [0, 0.05) is 13.7 Å². The van der Waals surface area contributed by atoms with E-state index in [0.717, 1.165) is 12.5 Å². The van der Waals surface area contributed by atoms with Crippen molar-refractivity contribution in [2.45, 2.75) is 47.0 Å². The standard InChI is InChI=1S/C11H24O/c1-10(7-6-8-12-5)9-11(2,3)4/h10H,6-9H2,1-5H3. The Labute approximate surface area is 77.5 Å². The van der Waals surface area contributed by atoms with E-state index in [1.807, 2.05) is 0 Å². The van der Waals surface area contributed by atoms with Gasteiger partial charge >= 0.3 is 0 Å². The molecule has 0 aromatic carbocycles. The molecule has 0 heterocycles. The summed E-state index contributed by atoms with van der Waals surface area (Å²) < 4.78 is 5.02. The molecule has 0 bridgehead atoms. The SMILES string of the molecule is COCCCC(C)CC(C)(C)C. The van der Waals surface area contributed by atoms with Crippen LogP contribution in [0.1, 0.15) is 47.0 Å². The summed E-state index contributed by atoms with van der Waals surface area (Å²) in [5, 5.41) is 0. The molecule has 12 heavy (non-hydrogen) atoms. The third kappa shape index (κ3) is 8.06. The van der Waals surface area contributed by atoms with Crippen molar-refractivity contribution in [1.82, 2.24) is 0 Å². The van der Waals surface area contributed by atoms with Crippen LogP contribution in [0.4, 0.5) is 0 Å². The minimum absolute atomic E-state index is 0.479. The summed E-state index contributed by atoms with van der Waals surface area (Å²) in [6.45, 7) is 10.2. The van der Waals surface area contributed by atoms with Gasteiger partial charge in [0.2, 0.25) is 0 Å². The van der Waals surface area contributed by atoms with Gasteiger partial charge in [0.25, 0.3) is 0 Å². The van der Waals surface area contributed by atoms with E-state index in [2.05, 4.69) is 27.7 Å². The largest absolute Gasteiger partial charge is 0.385 e. The summed E-state index contributed by atoms with van der Waals surface area (Å²) in [6.07, 6.45) is 3.82. The minimum Gasteiger partial charge on any atom is -0.385 e. The topological polar surface area (TPSA) is 9.23 Å². The van der Waals surface area contributed by atoms with Crippen molar-refractivity contribution >= 4 is 0 Å². The first-order valence-electron chi connectivity index (χ1n) is 4.94. The average Bonchev–Trinajstić information content (AvgIpc) is 1.84. The van der Waals surface area contributed by atoms with Crippen LogP contribution in [0.3, 0.4) is 0 Å². The molecule has 0 fully saturated rings. The second-order valence-corrected chi connectivity index (χ2v) is 5.00. The van der Waals surface area contributed by atoms with E-state index in [4.69, 9.17) is 4.74 Å². The summed E-state index contributed by atoms with van der Waals surface area (Å²) in [4.78, 5) is 0. The maximum atomic E-state index is 5.02. The summed E-state index contributed by atoms with van der Waals surface area (Å²) in [5.74, 6) is 0.833. The van der Waals surface area contributed by atoms with Crippen molar-refractivity contribution in [2.75, 3.05) is 13.7 Å². The zero-order valence-electron chi connectivity index (χ0n) is 9.31. The molecule has 0 aliphatic carbocycles. The van der Waals surface area contributed by atoms with E-state index in [-0.39, 0.29) is 0 Å². The highest BCUT2D eigenvalue weighted by Gasteiger charge is 2.14. The van der Waals surface area contributed by atoms with E-state index in [9.17, 15) is 0 Å². The normalized spacial score (nSPS) is 14.8. The van der Waals surface area contributed by atoms with E-state index in [1.165, 1.54) is 19.3 Å². The number of hydrogen-bond acceptors (Lipinski definition) is 1. The van der Waals surface area contributed by atoms with Crippen LogP contribution in [-0.4, -0.2) is 13.7 Å².